The molecule has 0 aliphatic rings. The number of urea groups is 1. The summed E-state index contributed by atoms with van der Waals surface area (Å²) in [4.78, 5) is 12.7. The Morgan fingerprint density at radius 1 is 0.686 bits per heavy atom. The van der Waals surface area contributed by atoms with Gasteiger partial charge in [-0.2, -0.15) is 5.26 Å². The molecule has 0 fully saturated rings. The number of ether oxygens (including phenoxy) is 2. The summed E-state index contributed by atoms with van der Waals surface area (Å²) in [5.74, 6) is 2.61. The molecule has 0 unspecified atom stereocenters. The predicted octanol–water partition coefficient (Wildman–Crippen LogP) is 7.71. The number of aryl methyl sites for hydroxylation is 3. The van der Waals surface area contributed by atoms with Gasteiger partial charge in [-0.1, -0.05) is 29.8 Å². The monoisotopic (exact) mass is 463 g/mol. The molecule has 2 amide bonds. The van der Waals surface area contributed by atoms with E-state index in [1.54, 1.807) is 36.4 Å². The molecule has 0 saturated heterocycles. The number of amides is 2. The number of nitrogens with zero attached hydrogens (tertiary/aromatic N) is 1. The number of hydrogen-bond acceptors (Lipinski definition) is 4. The Kier molecular flexibility index (Phi) is 6.99. The Hall–Kier alpha value is -4.76. The number of hydrogen-bond donors (Lipinski definition) is 2. The standard InChI is InChI=1S/C29H25N3O3/c1-19-4-12-25(13-5-19)34-27-16-23(10-6-20(27)2)31-29(33)32-24-11-7-21(3)28(17-24)35-26-14-8-22(18-30)9-15-26/h4-17H,1-3H3,(H2,31,32,33). The van der Waals surface area contributed by atoms with Gasteiger partial charge in [0.1, 0.15) is 23.0 Å². The van der Waals surface area contributed by atoms with Gasteiger partial charge >= 0.3 is 6.03 Å². The lowest BCUT2D eigenvalue weighted by Gasteiger charge is -2.14. The van der Waals surface area contributed by atoms with Crippen LogP contribution in [0.15, 0.2) is 84.9 Å². The summed E-state index contributed by atoms with van der Waals surface area (Å²) in [5, 5.41) is 14.6. The molecule has 0 aromatic heterocycles. The van der Waals surface area contributed by atoms with E-state index in [2.05, 4.69) is 16.7 Å². The van der Waals surface area contributed by atoms with Gasteiger partial charge < -0.3 is 20.1 Å². The Morgan fingerprint density at radius 2 is 1.14 bits per heavy atom. The molecule has 2 N–H and O–H groups in total. The van der Waals surface area contributed by atoms with Crippen LogP contribution in [0, 0.1) is 32.1 Å². The molecule has 0 aliphatic carbocycles. The maximum absolute atomic E-state index is 12.7. The van der Waals surface area contributed by atoms with Crippen LogP contribution >= 0.6 is 0 Å². The van der Waals surface area contributed by atoms with Crippen LogP contribution in [0.1, 0.15) is 22.3 Å². The van der Waals surface area contributed by atoms with Crippen LogP contribution < -0.4 is 20.1 Å². The van der Waals surface area contributed by atoms with Gasteiger partial charge in [-0.05, 0) is 80.4 Å². The van der Waals surface area contributed by atoms with Crippen LogP contribution in [0.4, 0.5) is 16.2 Å². The summed E-state index contributed by atoms with van der Waals surface area (Å²) in [5.41, 5.74) is 4.78. The zero-order valence-corrected chi connectivity index (χ0v) is 19.8. The van der Waals surface area contributed by atoms with E-state index < -0.39 is 0 Å². The number of nitrogens with one attached hydrogen (secondary N) is 2. The first kappa shape index (κ1) is 23.4. The number of benzene rings is 4. The zero-order chi connectivity index (χ0) is 24.8. The lowest BCUT2D eigenvalue weighted by molar-refractivity contribution is 0.262. The topological polar surface area (TPSA) is 83.4 Å². The van der Waals surface area contributed by atoms with Gasteiger partial charge in [0.25, 0.3) is 0 Å². The molecule has 6 nitrogen and oxygen atoms in total. The Morgan fingerprint density at radius 3 is 1.60 bits per heavy atom. The first-order valence-electron chi connectivity index (χ1n) is 11.1. The highest BCUT2D eigenvalue weighted by Crippen LogP contribution is 2.30. The molecule has 0 atom stereocenters. The summed E-state index contributed by atoms with van der Waals surface area (Å²) in [6.45, 7) is 5.90. The second-order valence-corrected chi connectivity index (χ2v) is 8.19. The van der Waals surface area contributed by atoms with Gasteiger partial charge in [0.05, 0.1) is 11.6 Å². The second-order valence-electron chi connectivity index (χ2n) is 8.19. The van der Waals surface area contributed by atoms with Crippen molar-refractivity contribution in [3.63, 3.8) is 0 Å². The smallest absolute Gasteiger partial charge is 0.323 e. The minimum atomic E-state index is -0.386. The van der Waals surface area contributed by atoms with Crippen LogP contribution in [0.3, 0.4) is 0 Å². The highest BCUT2D eigenvalue weighted by molar-refractivity contribution is 6.00. The number of anilines is 2. The van der Waals surface area contributed by atoms with Crippen LogP contribution in [0.2, 0.25) is 0 Å². The Balaban J connectivity index is 1.43. The summed E-state index contributed by atoms with van der Waals surface area (Å²) >= 11 is 0. The quantitative estimate of drug-likeness (QED) is 0.307. The fourth-order valence-corrected chi connectivity index (χ4v) is 3.33. The fourth-order valence-electron chi connectivity index (χ4n) is 3.33. The minimum absolute atomic E-state index is 0.386. The average molecular weight is 464 g/mol. The third kappa shape index (κ3) is 6.18. The minimum Gasteiger partial charge on any atom is -0.457 e. The lowest BCUT2D eigenvalue weighted by Crippen LogP contribution is -2.19. The van der Waals surface area contributed by atoms with Gasteiger partial charge in [0, 0.05) is 23.5 Å². The predicted molar refractivity (Wildman–Crippen MR) is 137 cm³/mol. The van der Waals surface area contributed by atoms with Gasteiger partial charge in [-0.3, -0.25) is 0 Å². The Labute approximate surface area is 204 Å². The van der Waals surface area contributed by atoms with Gasteiger partial charge in [0.2, 0.25) is 0 Å². The van der Waals surface area contributed by atoms with E-state index in [-0.39, 0.29) is 6.03 Å². The molecule has 0 radical (unpaired) electrons. The van der Waals surface area contributed by atoms with Crippen LogP contribution in [0.5, 0.6) is 23.0 Å². The molecule has 0 bridgehead atoms. The fraction of sp³-hybridized carbons (Fsp3) is 0.103. The lowest BCUT2D eigenvalue weighted by atomic mass is 10.2. The van der Waals surface area contributed by atoms with E-state index >= 15 is 0 Å². The van der Waals surface area contributed by atoms with E-state index in [1.807, 2.05) is 69.3 Å². The van der Waals surface area contributed by atoms with E-state index in [0.29, 0.717) is 34.2 Å². The number of carbonyl (C=O) groups excluding carboxylic acids is 1. The van der Waals surface area contributed by atoms with Crippen LogP contribution in [-0.2, 0) is 0 Å². The molecule has 0 spiro atoms. The molecule has 6 heteroatoms. The second kappa shape index (κ2) is 10.4. The highest BCUT2D eigenvalue weighted by atomic mass is 16.5. The summed E-state index contributed by atoms with van der Waals surface area (Å²) < 4.78 is 11.9. The molecular weight excluding hydrogens is 438 g/mol. The maximum Gasteiger partial charge on any atom is 0.323 e. The molecule has 0 aliphatic heterocycles. The van der Waals surface area contributed by atoms with E-state index in [9.17, 15) is 4.79 Å². The molecule has 4 aromatic carbocycles. The normalized spacial score (nSPS) is 10.2. The first-order chi connectivity index (χ1) is 16.9. The van der Waals surface area contributed by atoms with Crippen LogP contribution in [-0.4, -0.2) is 6.03 Å². The number of carbonyl (C=O) groups is 1. The molecule has 0 saturated carbocycles. The summed E-state index contributed by atoms with van der Waals surface area (Å²) in [7, 11) is 0. The third-order valence-corrected chi connectivity index (χ3v) is 5.35. The van der Waals surface area contributed by atoms with Gasteiger partial charge in [0.15, 0.2) is 0 Å². The van der Waals surface area contributed by atoms with Crippen molar-refractivity contribution in [3.8, 4) is 29.1 Å². The van der Waals surface area contributed by atoms with Crippen molar-refractivity contribution >= 4 is 17.4 Å². The third-order valence-electron chi connectivity index (χ3n) is 5.35. The molecule has 4 aromatic rings. The van der Waals surface area contributed by atoms with Crippen molar-refractivity contribution in [2.24, 2.45) is 0 Å². The SMILES string of the molecule is Cc1ccc(Oc2cc(NC(=O)Nc3ccc(C)c(Oc4ccc(C#N)cc4)c3)ccc2C)cc1. The molecule has 4 rings (SSSR count). The highest BCUT2D eigenvalue weighted by Gasteiger charge is 2.09. The maximum atomic E-state index is 12.7. The van der Waals surface area contributed by atoms with Gasteiger partial charge in [-0.15, -0.1) is 0 Å². The van der Waals surface area contributed by atoms with Crippen molar-refractivity contribution < 1.29 is 14.3 Å². The van der Waals surface area contributed by atoms with Crippen molar-refractivity contribution in [2.45, 2.75) is 20.8 Å². The van der Waals surface area contributed by atoms with E-state index in [0.717, 1.165) is 22.4 Å². The number of rotatable bonds is 6. The summed E-state index contributed by atoms with van der Waals surface area (Å²) in [6.07, 6.45) is 0. The van der Waals surface area contributed by atoms with Crippen LogP contribution in [0.25, 0.3) is 0 Å². The Bertz CT molecular complexity index is 1390. The average Bonchev–Trinajstić information content (AvgIpc) is 2.85. The van der Waals surface area contributed by atoms with Crippen molar-refractivity contribution in [3.05, 3.63) is 107 Å². The van der Waals surface area contributed by atoms with Crippen molar-refractivity contribution in [1.29, 1.82) is 5.26 Å². The van der Waals surface area contributed by atoms with E-state index in [4.69, 9.17) is 14.7 Å². The molecule has 174 valence electrons. The van der Waals surface area contributed by atoms with Crippen molar-refractivity contribution in [2.75, 3.05) is 10.6 Å². The summed E-state index contributed by atoms with van der Waals surface area (Å²) in [6, 6.07) is 27.3. The molecule has 35 heavy (non-hydrogen) atoms. The van der Waals surface area contributed by atoms with Gasteiger partial charge in [-0.25, -0.2) is 4.79 Å². The number of nitriles is 1. The molecule has 0 heterocycles. The zero-order valence-electron chi connectivity index (χ0n) is 19.8. The van der Waals surface area contributed by atoms with E-state index in [1.165, 1.54) is 0 Å². The first-order valence-corrected chi connectivity index (χ1v) is 11.1. The largest absolute Gasteiger partial charge is 0.457 e. The molecular formula is C29H25N3O3. The van der Waals surface area contributed by atoms with Crippen molar-refractivity contribution in [1.82, 2.24) is 0 Å².